The summed E-state index contributed by atoms with van der Waals surface area (Å²) in [6.45, 7) is 4.01. The van der Waals surface area contributed by atoms with Crippen molar-refractivity contribution in [3.8, 4) is 17.0 Å². The summed E-state index contributed by atoms with van der Waals surface area (Å²) in [6, 6.07) is 4.90. The monoisotopic (exact) mass is 249 g/mol. The van der Waals surface area contributed by atoms with Crippen LogP contribution in [0.2, 0.25) is 0 Å². The topological polar surface area (TPSA) is 53.1 Å². The van der Waals surface area contributed by atoms with Gasteiger partial charge < -0.3 is 10.5 Å². The van der Waals surface area contributed by atoms with Gasteiger partial charge in [-0.3, -0.25) is 4.68 Å². The molecule has 0 radical (unpaired) electrons. The van der Waals surface area contributed by atoms with Crippen LogP contribution < -0.4 is 10.5 Å². The highest BCUT2D eigenvalue weighted by atomic mass is 19.1. The highest BCUT2D eigenvalue weighted by molar-refractivity contribution is 5.72. The van der Waals surface area contributed by atoms with Crippen LogP contribution in [-0.2, 0) is 0 Å². The van der Waals surface area contributed by atoms with Gasteiger partial charge in [0.1, 0.15) is 5.69 Å². The number of methoxy groups -OCH3 is 1. The third kappa shape index (κ3) is 2.16. The van der Waals surface area contributed by atoms with Crippen molar-refractivity contribution in [2.75, 3.05) is 12.8 Å². The summed E-state index contributed by atoms with van der Waals surface area (Å²) in [4.78, 5) is 0. The van der Waals surface area contributed by atoms with Crippen molar-refractivity contribution in [3.05, 3.63) is 30.2 Å². The van der Waals surface area contributed by atoms with Gasteiger partial charge in [0, 0.05) is 17.8 Å². The lowest BCUT2D eigenvalue weighted by Gasteiger charge is -2.05. The third-order valence-electron chi connectivity index (χ3n) is 2.71. The Labute approximate surface area is 105 Å². The molecular formula is C13H16FN3O. The average Bonchev–Trinajstić information content (AvgIpc) is 2.71. The van der Waals surface area contributed by atoms with Gasteiger partial charge in [-0.15, -0.1) is 0 Å². The van der Waals surface area contributed by atoms with Gasteiger partial charge in [0.05, 0.1) is 12.8 Å². The minimum Gasteiger partial charge on any atom is -0.494 e. The molecule has 1 heterocycles. The van der Waals surface area contributed by atoms with Gasteiger partial charge in [0.15, 0.2) is 11.6 Å². The third-order valence-corrected chi connectivity index (χ3v) is 2.71. The SMILES string of the molecule is COc1ccc(-c2nn(C(C)C)cc2N)cc1F. The van der Waals surface area contributed by atoms with E-state index in [9.17, 15) is 4.39 Å². The molecule has 2 rings (SSSR count). The molecule has 0 aliphatic carbocycles. The molecule has 0 saturated carbocycles. The molecule has 1 aromatic heterocycles. The van der Waals surface area contributed by atoms with E-state index in [1.165, 1.54) is 13.2 Å². The lowest BCUT2D eigenvalue weighted by atomic mass is 10.1. The number of rotatable bonds is 3. The Kier molecular flexibility index (Phi) is 3.23. The largest absolute Gasteiger partial charge is 0.494 e. The number of benzene rings is 1. The number of anilines is 1. The lowest BCUT2D eigenvalue weighted by Crippen LogP contribution is -2.00. The molecule has 18 heavy (non-hydrogen) atoms. The Morgan fingerprint density at radius 2 is 2.11 bits per heavy atom. The number of hydrogen-bond acceptors (Lipinski definition) is 3. The van der Waals surface area contributed by atoms with Crippen LogP contribution in [-0.4, -0.2) is 16.9 Å². The van der Waals surface area contributed by atoms with Crippen molar-refractivity contribution in [1.29, 1.82) is 0 Å². The number of nitrogen functional groups attached to an aromatic ring is 1. The molecule has 0 bridgehead atoms. The molecule has 0 unspecified atom stereocenters. The van der Waals surface area contributed by atoms with Crippen molar-refractivity contribution in [3.63, 3.8) is 0 Å². The summed E-state index contributed by atoms with van der Waals surface area (Å²) in [5.74, 6) is -0.214. The van der Waals surface area contributed by atoms with E-state index in [4.69, 9.17) is 10.5 Å². The standard InChI is InChI=1S/C13H16FN3O/c1-8(2)17-7-11(15)13(16-17)9-4-5-12(18-3)10(14)6-9/h4-8H,15H2,1-3H3. The van der Waals surface area contributed by atoms with E-state index < -0.39 is 5.82 Å². The Bertz CT molecular complexity index is 563. The van der Waals surface area contributed by atoms with E-state index in [1.807, 2.05) is 13.8 Å². The van der Waals surface area contributed by atoms with Gasteiger partial charge in [-0.1, -0.05) is 0 Å². The molecule has 0 fully saturated rings. The summed E-state index contributed by atoms with van der Waals surface area (Å²) in [5, 5.41) is 4.36. The van der Waals surface area contributed by atoms with Crippen LogP contribution in [0.3, 0.4) is 0 Å². The van der Waals surface area contributed by atoms with E-state index >= 15 is 0 Å². The van der Waals surface area contributed by atoms with E-state index in [0.717, 1.165) is 0 Å². The first-order chi connectivity index (χ1) is 8.52. The molecular weight excluding hydrogens is 233 g/mol. The Morgan fingerprint density at radius 1 is 1.39 bits per heavy atom. The molecule has 5 heteroatoms. The predicted octanol–water partition coefficient (Wildman–Crippen LogP) is 2.86. The van der Waals surface area contributed by atoms with Gasteiger partial charge in [-0.05, 0) is 32.0 Å². The van der Waals surface area contributed by atoms with Crippen molar-refractivity contribution in [1.82, 2.24) is 9.78 Å². The molecule has 2 N–H and O–H groups in total. The van der Waals surface area contributed by atoms with Gasteiger partial charge in [0.25, 0.3) is 0 Å². The Morgan fingerprint density at radius 3 is 2.61 bits per heavy atom. The molecule has 96 valence electrons. The van der Waals surface area contributed by atoms with Crippen LogP contribution in [0.4, 0.5) is 10.1 Å². The smallest absolute Gasteiger partial charge is 0.165 e. The number of aromatic nitrogens is 2. The quantitative estimate of drug-likeness (QED) is 0.910. The second-order valence-corrected chi connectivity index (χ2v) is 4.36. The fourth-order valence-electron chi connectivity index (χ4n) is 1.71. The number of nitrogens with two attached hydrogens (primary N) is 1. The van der Waals surface area contributed by atoms with Crippen molar-refractivity contribution >= 4 is 5.69 Å². The number of halogens is 1. The molecule has 2 aromatic rings. The number of ether oxygens (including phenoxy) is 1. The maximum Gasteiger partial charge on any atom is 0.165 e. The minimum absolute atomic E-state index is 0.209. The van der Waals surface area contributed by atoms with E-state index in [2.05, 4.69) is 5.10 Å². The summed E-state index contributed by atoms with van der Waals surface area (Å²) in [5.41, 5.74) is 7.66. The van der Waals surface area contributed by atoms with Crippen molar-refractivity contribution in [2.24, 2.45) is 0 Å². The Balaban J connectivity index is 2.45. The zero-order valence-electron chi connectivity index (χ0n) is 10.6. The highest BCUT2D eigenvalue weighted by Crippen LogP contribution is 2.28. The summed E-state index contributed by atoms with van der Waals surface area (Å²) in [6.07, 6.45) is 1.75. The summed E-state index contributed by atoms with van der Waals surface area (Å²) < 4.78 is 20.3. The molecule has 1 aromatic carbocycles. The highest BCUT2D eigenvalue weighted by Gasteiger charge is 2.12. The van der Waals surface area contributed by atoms with Crippen LogP contribution in [0.1, 0.15) is 19.9 Å². The zero-order valence-corrected chi connectivity index (χ0v) is 10.6. The number of nitrogens with zero attached hydrogens (tertiary/aromatic N) is 2. The molecule has 0 aliphatic rings. The first-order valence-corrected chi connectivity index (χ1v) is 5.71. The maximum atomic E-state index is 13.6. The minimum atomic E-state index is -0.423. The first-order valence-electron chi connectivity index (χ1n) is 5.71. The second-order valence-electron chi connectivity index (χ2n) is 4.36. The maximum absolute atomic E-state index is 13.6. The number of hydrogen-bond donors (Lipinski definition) is 1. The zero-order chi connectivity index (χ0) is 13.3. The van der Waals surface area contributed by atoms with E-state index in [-0.39, 0.29) is 11.8 Å². The molecule has 0 saturated heterocycles. The summed E-state index contributed by atoms with van der Waals surface area (Å²) >= 11 is 0. The van der Waals surface area contributed by atoms with Gasteiger partial charge in [0.2, 0.25) is 0 Å². The fourth-order valence-corrected chi connectivity index (χ4v) is 1.71. The van der Waals surface area contributed by atoms with E-state index in [1.54, 1.807) is 23.0 Å². The van der Waals surface area contributed by atoms with E-state index in [0.29, 0.717) is 16.9 Å². The van der Waals surface area contributed by atoms with Crippen LogP contribution in [0.25, 0.3) is 11.3 Å². The van der Waals surface area contributed by atoms with Crippen LogP contribution in [0.5, 0.6) is 5.75 Å². The molecule has 0 atom stereocenters. The van der Waals surface area contributed by atoms with Gasteiger partial charge in [-0.2, -0.15) is 5.10 Å². The van der Waals surface area contributed by atoms with Gasteiger partial charge in [-0.25, -0.2) is 4.39 Å². The fraction of sp³-hybridized carbons (Fsp3) is 0.308. The first kappa shape index (κ1) is 12.4. The molecule has 0 aliphatic heterocycles. The van der Waals surface area contributed by atoms with Crippen LogP contribution in [0.15, 0.2) is 24.4 Å². The summed E-state index contributed by atoms with van der Waals surface area (Å²) in [7, 11) is 1.43. The van der Waals surface area contributed by atoms with Gasteiger partial charge >= 0.3 is 0 Å². The van der Waals surface area contributed by atoms with Crippen molar-refractivity contribution < 1.29 is 9.13 Å². The Hall–Kier alpha value is -2.04. The normalized spacial score (nSPS) is 10.9. The average molecular weight is 249 g/mol. The molecule has 4 nitrogen and oxygen atoms in total. The van der Waals surface area contributed by atoms with Crippen LogP contribution in [0, 0.1) is 5.82 Å². The molecule has 0 spiro atoms. The lowest BCUT2D eigenvalue weighted by molar-refractivity contribution is 0.386. The van der Waals surface area contributed by atoms with Crippen molar-refractivity contribution in [2.45, 2.75) is 19.9 Å². The second kappa shape index (κ2) is 4.68. The van der Waals surface area contributed by atoms with Crippen LogP contribution >= 0.6 is 0 Å². The molecule has 0 amide bonds. The predicted molar refractivity (Wildman–Crippen MR) is 69.0 cm³/mol.